The molecule has 1 aliphatic carbocycles. The van der Waals surface area contributed by atoms with E-state index in [1.807, 2.05) is 6.92 Å². The van der Waals surface area contributed by atoms with E-state index in [4.69, 9.17) is 5.11 Å². The Bertz CT molecular complexity index is 309. The van der Waals surface area contributed by atoms with Crippen molar-refractivity contribution in [1.82, 2.24) is 9.36 Å². The van der Waals surface area contributed by atoms with Gasteiger partial charge in [0.1, 0.15) is 5.82 Å². The van der Waals surface area contributed by atoms with Crippen molar-refractivity contribution in [2.45, 2.75) is 38.1 Å². The van der Waals surface area contributed by atoms with Crippen LogP contribution in [0, 0.1) is 6.92 Å². The Balaban J connectivity index is 2.01. The molecule has 0 aliphatic heterocycles. The zero-order valence-corrected chi connectivity index (χ0v) is 9.10. The van der Waals surface area contributed by atoms with Gasteiger partial charge in [-0.3, -0.25) is 0 Å². The monoisotopic (exact) mass is 213 g/mol. The fourth-order valence-corrected chi connectivity index (χ4v) is 2.52. The van der Waals surface area contributed by atoms with Crippen molar-refractivity contribution in [1.29, 1.82) is 0 Å². The van der Waals surface area contributed by atoms with Gasteiger partial charge in [-0.2, -0.15) is 4.37 Å². The quantitative estimate of drug-likeness (QED) is 0.797. The first-order valence-electron chi connectivity index (χ1n) is 4.93. The van der Waals surface area contributed by atoms with Gasteiger partial charge in [0.15, 0.2) is 0 Å². The van der Waals surface area contributed by atoms with Crippen LogP contribution in [0.5, 0.6) is 0 Å². The average molecular weight is 213 g/mol. The molecule has 1 saturated carbocycles. The molecule has 1 aliphatic rings. The van der Waals surface area contributed by atoms with Gasteiger partial charge >= 0.3 is 0 Å². The Kier molecular flexibility index (Phi) is 2.69. The minimum absolute atomic E-state index is 0.0979. The molecule has 0 amide bonds. The molecule has 1 aromatic rings. The number of aliphatic hydroxyl groups excluding tert-OH is 1. The highest BCUT2D eigenvalue weighted by Gasteiger charge is 2.36. The maximum atomic E-state index is 8.98. The predicted octanol–water partition coefficient (Wildman–Crippen LogP) is 1.56. The van der Waals surface area contributed by atoms with E-state index in [0.29, 0.717) is 0 Å². The summed E-state index contributed by atoms with van der Waals surface area (Å²) in [7, 11) is 0. The molecule has 2 rings (SSSR count). The third kappa shape index (κ3) is 1.88. The lowest BCUT2D eigenvalue weighted by atomic mass is 9.75. The summed E-state index contributed by atoms with van der Waals surface area (Å²) < 4.78 is 4.12. The Morgan fingerprint density at radius 3 is 2.79 bits per heavy atom. The number of nitrogens with zero attached hydrogens (tertiary/aromatic N) is 2. The predicted molar refractivity (Wildman–Crippen MR) is 56.6 cm³/mol. The number of hydrogen-bond acceptors (Lipinski definition) is 5. The van der Waals surface area contributed by atoms with Gasteiger partial charge in [-0.05, 0) is 32.6 Å². The first kappa shape index (κ1) is 9.86. The molecule has 1 fully saturated rings. The summed E-state index contributed by atoms with van der Waals surface area (Å²) in [6, 6.07) is 0. The second-order valence-electron chi connectivity index (χ2n) is 3.88. The summed E-state index contributed by atoms with van der Waals surface area (Å²) in [6.45, 7) is 2.13. The normalized spacial score (nSPS) is 19.0. The van der Waals surface area contributed by atoms with Crippen LogP contribution in [0.3, 0.4) is 0 Å². The summed E-state index contributed by atoms with van der Waals surface area (Å²) in [5.41, 5.74) is 0.0979. The Labute approximate surface area is 87.5 Å². The maximum Gasteiger partial charge on any atom is 0.202 e. The molecule has 0 spiro atoms. The Morgan fingerprint density at radius 1 is 1.57 bits per heavy atom. The fourth-order valence-electron chi connectivity index (χ4n) is 1.83. The highest BCUT2D eigenvalue weighted by atomic mass is 32.1. The smallest absolute Gasteiger partial charge is 0.202 e. The Hall–Kier alpha value is -0.680. The first-order valence-corrected chi connectivity index (χ1v) is 5.71. The van der Waals surface area contributed by atoms with Crippen molar-refractivity contribution in [3.8, 4) is 0 Å². The molecule has 1 heterocycles. The molecule has 0 bridgehead atoms. The third-order valence-electron chi connectivity index (χ3n) is 2.80. The molecule has 1 aromatic heterocycles. The average Bonchev–Trinajstić information content (AvgIpc) is 2.48. The number of aromatic nitrogens is 2. The van der Waals surface area contributed by atoms with Crippen molar-refractivity contribution in [2.24, 2.45) is 0 Å². The van der Waals surface area contributed by atoms with Gasteiger partial charge in [-0.25, -0.2) is 4.98 Å². The van der Waals surface area contributed by atoms with Crippen LogP contribution >= 0.6 is 11.5 Å². The molecule has 0 saturated heterocycles. The van der Waals surface area contributed by atoms with E-state index in [0.717, 1.165) is 30.2 Å². The van der Waals surface area contributed by atoms with Crippen molar-refractivity contribution in [3.63, 3.8) is 0 Å². The molecular formula is C9H15N3OS. The van der Waals surface area contributed by atoms with Crippen molar-refractivity contribution >= 4 is 16.7 Å². The molecule has 0 aromatic carbocycles. The van der Waals surface area contributed by atoms with Gasteiger partial charge in [0.25, 0.3) is 0 Å². The summed E-state index contributed by atoms with van der Waals surface area (Å²) in [5.74, 6) is 0.816. The molecule has 4 nitrogen and oxygen atoms in total. The van der Waals surface area contributed by atoms with Gasteiger partial charge in [0, 0.05) is 23.7 Å². The highest BCUT2D eigenvalue weighted by Crippen LogP contribution is 2.38. The number of anilines is 1. The van der Waals surface area contributed by atoms with Crippen LogP contribution in [0.2, 0.25) is 0 Å². The van der Waals surface area contributed by atoms with E-state index in [-0.39, 0.29) is 12.1 Å². The standard InChI is InChI=1S/C9H15N3OS/c1-7-10-8(14-12-7)11-9(5-6-13)3-2-4-9/h13H,2-6H2,1H3,(H,10,11,12). The van der Waals surface area contributed by atoms with Gasteiger partial charge in [0.05, 0.1) is 0 Å². The SMILES string of the molecule is Cc1nsc(NC2(CCO)CCC2)n1. The molecule has 14 heavy (non-hydrogen) atoms. The number of nitrogens with one attached hydrogen (secondary N) is 1. The summed E-state index contributed by atoms with van der Waals surface area (Å²) in [6.07, 6.45) is 4.31. The van der Waals surface area contributed by atoms with Crippen LogP contribution < -0.4 is 5.32 Å². The zero-order valence-electron chi connectivity index (χ0n) is 8.29. The van der Waals surface area contributed by atoms with E-state index in [1.165, 1.54) is 18.0 Å². The second kappa shape index (κ2) is 3.82. The molecule has 0 unspecified atom stereocenters. The maximum absolute atomic E-state index is 8.98. The van der Waals surface area contributed by atoms with E-state index in [2.05, 4.69) is 14.7 Å². The lowest BCUT2D eigenvalue weighted by Gasteiger charge is -2.42. The molecule has 5 heteroatoms. The number of hydrogen-bond donors (Lipinski definition) is 2. The number of aryl methyl sites for hydroxylation is 1. The molecular weight excluding hydrogens is 198 g/mol. The summed E-state index contributed by atoms with van der Waals surface area (Å²) in [5, 5.41) is 13.3. The molecule has 78 valence electrons. The van der Waals surface area contributed by atoms with Crippen LogP contribution in [0.4, 0.5) is 5.13 Å². The molecule has 2 N–H and O–H groups in total. The molecule has 0 atom stereocenters. The fraction of sp³-hybridized carbons (Fsp3) is 0.778. The summed E-state index contributed by atoms with van der Waals surface area (Å²) in [4.78, 5) is 4.27. The summed E-state index contributed by atoms with van der Waals surface area (Å²) >= 11 is 1.40. The minimum atomic E-state index is 0.0979. The topological polar surface area (TPSA) is 58.0 Å². The van der Waals surface area contributed by atoms with Crippen LogP contribution in [0.25, 0.3) is 0 Å². The first-order chi connectivity index (χ1) is 6.74. The van der Waals surface area contributed by atoms with Crippen molar-refractivity contribution < 1.29 is 5.11 Å². The second-order valence-corrected chi connectivity index (χ2v) is 4.63. The van der Waals surface area contributed by atoms with E-state index in [1.54, 1.807) is 0 Å². The van der Waals surface area contributed by atoms with Gasteiger partial charge in [0.2, 0.25) is 5.13 Å². The van der Waals surface area contributed by atoms with E-state index < -0.39 is 0 Å². The largest absolute Gasteiger partial charge is 0.396 e. The van der Waals surface area contributed by atoms with Crippen LogP contribution in [0.1, 0.15) is 31.5 Å². The molecule has 0 radical (unpaired) electrons. The Morgan fingerprint density at radius 2 is 2.36 bits per heavy atom. The third-order valence-corrected chi connectivity index (χ3v) is 3.52. The number of aliphatic hydroxyl groups is 1. The zero-order chi connectivity index (χ0) is 10.0. The van der Waals surface area contributed by atoms with Crippen LogP contribution in [-0.4, -0.2) is 26.6 Å². The highest BCUT2D eigenvalue weighted by molar-refractivity contribution is 7.09. The van der Waals surface area contributed by atoms with Gasteiger partial charge < -0.3 is 10.4 Å². The lowest BCUT2D eigenvalue weighted by molar-refractivity contribution is 0.190. The van der Waals surface area contributed by atoms with Crippen LogP contribution in [-0.2, 0) is 0 Å². The van der Waals surface area contributed by atoms with E-state index >= 15 is 0 Å². The van der Waals surface area contributed by atoms with E-state index in [9.17, 15) is 0 Å². The number of rotatable bonds is 4. The van der Waals surface area contributed by atoms with Gasteiger partial charge in [-0.1, -0.05) is 0 Å². The lowest BCUT2D eigenvalue weighted by Crippen LogP contribution is -2.45. The minimum Gasteiger partial charge on any atom is -0.396 e. The van der Waals surface area contributed by atoms with Crippen molar-refractivity contribution in [2.75, 3.05) is 11.9 Å². The van der Waals surface area contributed by atoms with Gasteiger partial charge in [-0.15, -0.1) is 0 Å². The van der Waals surface area contributed by atoms with Crippen molar-refractivity contribution in [3.05, 3.63) is 5.82 Å². The van der Waals surface area contributed by atoms with Crippen LogP contribution in [0.15, 0.2) is 0 Å².